The molecule has 1 rings (SSSR count). The van der Waals surface area contributed by atoms with Gasteiger partial charge in [-0.15, -0.1) is 0 Å². The first kappa shape index (κ1) is 13.8. The van der Waals surface area contributed by atoms with Crippen LogP contribution < -0.4 is 4.74 Å². The molecule has 0 fully saturated rings. The van der Waals surface area contributed by atoms with Crippen molar-refractivity contribution in [2.24, 2.45) is 5.92 Å². The lowest BCUT2D eigenvalue weighted by Gasteiger charge is -2.12. The van der Waals surface area contributed by atoms with E-state index in [0.29, 0.717) is 18.3 Å². The summed E-state index contributed by atoms with van der Waals surface area (Å²) in [6.45, 7) is 4.71. The van der Waals surface area contributed by atoms with Gasteiger partial charge in [-0.3, -0.25) is 0 Å². The molecule has 0 spiro atoms. The lowest BCUT2D eigenvalue weighted by atomic mass is 10.2. The first-order valence-electron chi connectivity index (χ1n) is 5.33. The average Bonchev–Trinajstić information content (AvgIpc) is 2.24. The highest BCUT2D eigenvalue weighted by atomic mass is 79.9. The van der Waals surface area contributed by atoms with E-state index in [0.717, 1.165) is 16.1 Å². The van der Waals surface area contributed by atoms with Crippen LogP contribution in [-0.4, -0.2) is 17.7 Å². The molecule has 1 aromatic carbocycles. The predicted octanol–water partition coefficient (Wildman–Crippen LogP) is 3.58. The monoisotopic (exact) mass is 298 g/mol. The minimum Gasteiger partial charge on any atom is -0.492 e. The Balaban J connectivity index is 2.95. The fourth-order valence-electron chi connectivity index (χ4n) is 1.22. The number of halogens is 1. The summed E-state index contributed by atoms with van der Waals surface area (Å²) >= 11 is 3.40. The van der Waals surface area contributed by atoms with Crippen LogP contribution in [0.3, 0.4) is 0 Å². The maximum absolute atomic E-state index is 10.5. The maximum atomic E-state index is 10.5. The normalized spacial score (nSPS) is 11.1. The number of aliphatic carboxylic acids is 1. The molecule has 0 radical (unpaired) electrons. The van der Waals surface area contributed by atoms with Crippen LogP contribution in [0.2, 0.25) is 0 Å². The van der Waals surface area contributed by atoms with Gasteiger partial charge < -0.3 is 9.84 Å². The fraction of sp³-hybridized carbons (Fsp3) is 0.308. The van der Waals surface area contributed by atoms with Gasteiger partial charge in [0.25, 0.3) is 0 Å². The Morgan fingerprint density at radius 3 is 2.82 bits per heavy atom. The van der Waals surface area contributed by atoms with Crippen LogP contribution in [0.15, 0.2) is 28.7 Å². The Hall–Kier alpha value is -1.29. The van der Waals surface area contributed by atoms with E-state index < -0.39 is 5.97 Å². The van der Waals surface area contributed by atoms with E-state index in [-0.39, 0.29) is 0 Å². The topological polar surface area (TPSA) is 46.5 Å². The second kappa shape index (κ2) is 6.45. The molecule has 0 aromatic heterocycles. The lowest BCUT2D eigenvalue weighted by molar-refractivity contribution is -0.131. The van der Waals surface area contributed by atoms with E-state index in [1.54, 1.807) is 0 Å². The van der Waals surface area contributed by atoms with E-state index in [2.05, 4.69) is 29.8 Å². The molecule has 1 aromatic rings. The molecular formula is C13H15BrO3. The van der Waals surface area contributed by atoms with E-state index in [1.165, 1.54) is 6.08 Å². The highest BCUT2D eigenvalue weighted by molar-refractivity contribution is 9.10. The SMILES string of the molecule is CC(C)COc1c(Br)cccc1/C=C/C(=O)O. The third-order valence-electron chi connectivity index (χ3n) is 1.96. The molecule has 0 saturated carbocycles. The largest absolute Gasteiger partial charge is 0.492 e. The third-order valence-corrected chi connectivity index (χ3v) is 2.59. The maximum Gasteiger partial charge on any atom is 0.328 e. The van der Waals surface area contributed by atoms with Gasteiger partial charge in [0.1, 0.15) is 5.75 Å². The molecule has 0 atom stereocenters. The van der Waals surface area contributed by atoms with E-state index in [4.69, 9.17) is 9.84 Å². The number of hydrogen-bond donors (Lipinski definition) is 1. The number of carbonyl (C=O) groups is 1. The van der Waals surface area contributed by atoms with Gasteiger partial charge in [0.15, 0.2) is 0 Å². The van der Waals surface area contributed by atoms with E-state index >= 15 is 0 Å². The standard InChI is InChI=1S/C13H15BrO3/c1-9(2)8-17-13-10(6-7-12(15)16)4-3-5-11(13)14/h3-7,9H,8H2,1-2H3,(H,15,16)/b7-6+. The molecule has 0 bridgehead atoms. The highest BCUT2D eigenvalue weighted by Gasteiger charge is 2.07. The predicted molar refractivity (Wildman–Crippen MR) is 71.1 cm³/mol. The van der Waals surface area contributed by atoms with Crippen molar-refractivity contribution in [1.29, 1.82) is 0 Å². The van der Waals surface area contributed by atoms with Gasteiger partial charge in [-0.25, -0.2) is 4.79 Å². The van der Waals surface area contributed by atoms with Crippen LogP contribution in [-0.2, 0) is 4.79 Å². The second-order valence-corrected chi connectivity index (χ2v) is 4.89. The average molecular weight is 299 g/mol. The van der Waals surface area contributed by atoms with Crippen molar-refractivity contribution in [3.8, 4) is 5.75 Å². The summed E-state index contributed by atoms with van der Waals surface area (Å²) in [6.07, 6.45) is 2.63. The van der Waals surface area contributed by atoms with Crippen LogP contribution >= 0.6 is 15.9 Å². The summed E-state index contributed by atoms with van der Waals surface area (Å²) in [4.78, 5) is 10.5. The number of carboxylic acid groups (broad SMARTS) is 1. The van der Waals surface area contributed by atoms with Crippen molar-refractivity contribution < 1.29 is 14.6 Å². The number of benzene rings is 1. The zero-order chi connectivity index (χ0) is 12.8. The first-order chi connectivity index (χ1) is 8.00. The lowest BCUT2D eigenvalue weighted by Crippen LogP contribution is -2.06. The first-order valence-corrected chi connectivity index (χ1v) is 6.12. The smallest absolute Gasteiger partial charge is 0.328 e. The molecule has 0 aliphatic carbocycles. The van der Waals surface area contributed by atoms with Crippen LogP contribution in [0.5, 0.6) is 5.75 Å². The molecule has 92 valence electrons. The highest BCUT2D eigenvalue weighted by Crippen LogP contribution is 2.30. The zero-order valence-corrected chi connectivity index (χ0v) is 11.4. The number of carboxylic acids is 1. The number of para-hydroxylation sites is 1. The van der Waals surface area contributed by atoms with Crippen molar-refractivity contribution in [2.45, 2.75) is 13.8 Å². The van der Waals surface area contributed by atoms with Gasteiger partial charge in [0.2, 0.25) is 0 Å². The molecular weight excluding hydrogens is 284 g/mol. The van der Waals surface area contributed by atoms with Crippen molar-refractivity contribution in [2.75, 3.05) is 6.61 Å². The number of hydrogen-bond acceptors (Lipinski definition) is 2. The zero-order valence-electron chi connectivity index (χ0n) is 9.81. The molecule has 0 heterocycles. The third kappa shape index (κ3) is 4.61. The quantitative estimate of drug-likeness (QED) is 0.845. The fourth-order valence-corrected chi connectivity index (χ4v) is 1.72. The van der Waals surface area contributed by atoms with E-state index in [9.17, 15) is 4.79 Å². The van der Waals surface area contributed by atoms with Gasteiger partial charge in [-0.2, -0.15) is 0 Å². The van der Waals surface area contributed by atoms with Crippen molar-refractivity contribution in [1.82, 2.24) is 0 Å². The number of rotatable bonds is 5. The Labute approximate surface area is 109 Å². The van der Waals surface area contributed by atoms with Crippen LogP contribution in [0.4, 0.5) is 0 Å². The molecule has 0 unspecified atom stereocenters. The van der Waals surface area contributed by atoms with Crippen LogP contribution in [0, 0.1) is 5.92 Å². The Kier molecular flexibility index (Phi) is 5.22. The minimum atomic E-state index is -0.972. The molecule has 4 heteroatoms. The summed E-state index contributed by atoms with van der Waals surface area (Å²) in [6, 6.07) is 5.53. The minimum absolute atomic E-state index is 0.415. The molecule has 0 aliphatic rings. The van der Waals surface area contributed by atoms with E-state index in [1.807, 2.05) is 18.2 Å². The van der Waals surface area contributed by atoms with Crippen molar-refractivity contribution >= 4 is 28.0 Å². The van der Waals surface area contributed by atoms with Gasteiger partial charge in [0.05, 0.1) is 11.1 Å². The Bertz CT molecular complexity index is 425. The van der Waals surface area contributed by atoms with Gasteiger partial charge in [-0.1, -0.05) is 26.0 Å². The number of ether oxygens (including phenoxy) is 1. The molecule has 1 N–H and O–H groups in total. The molecule has 3 nitrogen and oxygen atoms in total. The Morgan fingerprint density at radius 1 is 1.53 bits per heavy atom. The van der Waals surface area contributed by atoms with Crippen molar-refractivity contribution in [3.63, 3.8) is 0 Å². The van der Waals surface area contributed by atoms with Gasteiger partial charge in [-0.05, 0) is 34.0 Å². The van der Waals surface area contributed by atoms with Gasteiger partial charge in [0, 0.05) is 11.6 Å². The second-order valence-electron chi connectivity index (χ2n) is 4.03. The van der Waals surface area contributed by atoms with Crippen LogP contribution in [0.25, 0.3) is 6.08 Å². The summed E-state index contributed by atoms with van der Waals surface area (Å²) in [7, 11) is 0. The summed E-state index contributed by atoms with van der Waals surface area (Å²) in [5.74, 6) is 0.122. The molecule has 17 heavy (non-hydrogen) atoms. The summed E-state index contributed by atoms with van der Waals surface area (Å²) in [5, 5.41) is 8.61. The molecule has 0 amide bonds. The summed E-state index contributed by atoms with van der Waals surface area (Å²) in [5.41, 5.74) is 0.752. The van der Waals surface area contributed by atoms with Crippen molar-refractivity contribution in [3.05, 3.63) is 34.3 Å². The summed E-state index contributed by atoms with van der Waals surface area (Å²) < 4.78 is 6.50. The molecule has 0 aliphatic heterocycles. The van der Waals surface area contributed by atoms with Crippen LogP contribution in [0.1, 0.15) is 19.4 Å². The van der Waals surface area contributed by atoms with Gasteiger partial charge >= 0.3 is 5.97 Å². The molecule has 0 saturated heterocycles. The Morgan fingerprint density at radius 2 is 2.24 bits per heavy atom.